The summed E-state index contributed by atoms with van der Waals surface area (Å²) >= 11 is 1.44. The quantitative estimate of drug-likeness (QED) is 0.434. The Kier molecular flexibility index (Phi) is 6.46. The average molecular weight is 438 g/mol. The molecule has 162 valence electrons. The molecule has 1 amide bonds. The summed E-state index contributed by atoms with van der Waals surface area (Å²) in [5.74, 6) is 1.40. The number of hydrogen-bond donors (Lipinski definition) is 1. The number of rotatable bonds is 9. The highest BCUT2D eigenvalue weighted by atomic mass is 32.1. The van der Waals surface area contributed by atoms with Crippen LogP contribution in [0.3, 0.4) is 0 Å². The lowest BCUT2D eigenvalue weighted by Crippen LogP contribution is -2.32. The molecule has 8 heteroatoms. The molecular weight excluding hydrogens is 410 g/mol. The van der Waals surface area contributed by atoms with Gasteiger partial charge in [-0.15, -0.1) is 21.5 Å². The lowest BCUT2D eigenvalue weighted by molar-refractivity contribution is -0.121. The maximum absolute atomic E-state index is 12.6. The summed E-state index contributed by atoms with van der Waals surface area (Å²) in [5, 5.41) is 13.6. The molecule has 0 saturated heterocycles. The number of aryl methyl sites for hydroxylation is 3. The molecule has 1 aromatic carbocycles. The van der Waals surface area contributed by atoms with Gasteiger partial charge >= 0.3 is 0 Å². The van der Waals surface area contributed by atoms with Crippen molar-refractivity contribution in [2.75, 3.05) is 0 Å². The summed E-state index contributed by atoms with van der Waals surface area (Å²) in [7, 11) is 0. The Morgan fingerprint density at radius 3 is 2.74 bits per heavy atom. The van der Waals surface area contributed by atoms with Gasteiger partial charge in [-0.25, -0.2) is 0 Å². The Morgan fingerprint density at radius 1 is 1.16 bits per heavy atom. The van der Waals surface area contributed by atoms with Gasteiger partial charge in [0.15, 0.2) is 0 Å². The number of nitrogens with one attached hydrogen (secondary N) is 1. The minimum absolute atomic E-state index is 0.0252. The van der Waals surface area contributed by atoms with Gasteiger partial charge < -0.3 is 5.32 Å². The molecule has 0 saturated carbocycles. The second-order valence-corrected chi connectivity index (χ2v) is 8.70. The average Bonchev–Trinajstić information content (AvgIpc) is 3.41. The first-order valence-electron chi connectivity index (χ1n) is 10.8. The van der Waals surface area contributed by atoms with E-state index in [4.69, 9.17) is 0 Å². The van der Waals surface area contributed by atoms with E-state index < -0.39 is 0 Å². The van der Waals surface area contributed by atoms with E-state index in [1.54, 1.807) is 4.57 Å². The molecule has 0 fully saturated rings. The summed E-state index contributed by atoms with van der Waals surface area (Å²) in [5.41, 5.74) is 2.10. The highest BCUT2D eigenvalue weighted by Gasteiger charge is 2.17. The number of benzene rings is 1. The molecule has 0 radical (unpaired) electrons. The highest BCUT2D eigenvalue weighted by Crippen LogP contribution is 2.20. The molecule has 0 aliphatic heterocycles. The molecule has 0 aliphatic rings. The minimum Gasteiger partial charge on any atom is -0.354 e. The fourth-order valence-corrected chi connectivity index (χ4v) is 4.71. The van der Waals surface area contributed by atoms with Crippen molar-refractivity contribution >= 4 is 33.2 Å². The van der Waals surface area contributed by atoms with E-state index in [2.05, 4.69) is 27.6 Å². The van der Waals surface area contributed by atoms with E-state index in [9.17, 15) is 9.59 Å². The van der Waals surface area contributed by atoms with Crippen molar-refractivity contribution in [3.63, 3.8) is 0 Å². The molecule has 3 aromatic heterocycles. The summed E-state index contributed by atoms with van der Waals surface area (Å²) in [6, 6.07) is 12.4. The van der Waals surface area contributed by atoms with Crippen molar-refractivity contribution in [1.82, 2.24) is 24.5 Å². The van der Waals surface area contributed by atoms with Crippen LogP contribution in [-0.2, 0) is 24.2 Å². The van der Waals surface area contributed by atoms with Crippen LogP contribution >= 0.6 is 11.3 Å². The smallest absolute Gasteiger partial charge is 0.272 e. The van der Waals surface area contributed by atoms with E-state index in [1.807, 2.05) is 47.9 Å². The van der Waals surface area contributed by atoms with Crippen LogP contribution < -0.4 is 10.9 Å². The van der Waals surface area contributed by atoms with Crippen LogP contribution in [-0.4, -0.2) is 31.1 Å². The number of amides is 1. The lowest BCUT2D eigenvalue weighted by Gasteiger charge is -2.14. The predicted octanol–water partition coefficient (Wildman–Crippen LogP) is 3.59. The summed E-state index contributed by atoms with van der Waals surface area (Å²) in [4.78, 5) is 25.0. The van der Waals surface area contributed by atoms with Gasteiger partial charge in [-0.1, -0.05) is 30.3 Å². The van der Waals surface area contributed by atoms with Crippen LogP contribution in [0.5, 0.6) is 0 Å². The molecule has 0 aliphatic carbocycles. The van der Waals surface area contributed by atoms with Gasteiger partial charge in [0, 0.05) is 25.4 Å². The van der Waals surface area contributed by atoms with Crippen molar-refractivity contribution in [2.24, 2.45) is 0 Å². The first kappa shape index (κ1) is 21.2. The number of carbonyl (C=O) groups is 1. The molecule has 0 spiro atoms. The van der Waals surface area contributed by atoms with Crippen molar-refractivity contribution in [1.29, 1.82) is 0 Å². The molecule has 3 heterocycles. The van der Waals surface area contributed by atoms with Crippen LogP contribution in [0.2, 0.25) is 0 Å². The second-order valence-electron chi connectivity index (χ2n) is 7.78. The maximum atomic E-state index is 12.6. The number of fused-ring (bicyclic) bond motifs is 3. The van der Waals surface area contributed by atoms with Crippen molar-refractivity contribution in [2.45, 2.75) is 58.5 Å². The van der Waals surface area contributed by atoms with Crippen LogP contribution in [0, 0.1) is 0 Å². The zero-order valence-corrected chi connectivity index (χ0v) is 18.7. The summed E-state index contributed by atoms with van der Waals surface area (Å²) in [6.45, 7) is 4.51. The Hall–Kier alpha value is -3.00. The number of nitrogens with zero attached hydrogens (tertiary/aromatic N) is 4. The van der Waals surface area contributed by atoms with E-state index in [1.165, 1.54) is 16.9 Å². The van der Waals surface area contributed by atoms with Gasteiger partial charge in [-0.05, 0) is 50.1 Å². The van der Waals surface area contributed by atoms with Crippen LogP contribution in [0.1, 0.15) is 44.5 Å². The third-order valence-corrected chi connectivity index (χ3v) is 6.41. The molecule has 31 heavy (non-hydrogen) atoms. The molecule has 4 rings (SSSR count). The zero-order chi connectivity index (χ0) is 21.8. The van der Waals surface area contributed by atoms with Gasteiger partial charge in [0.1, 0.15) is 10.5 Å². The van der Waals surface area contributed by atoms with Gasteiger partial charge in [0.2, 0.25) is 11.7 Å². The monoisotopic (exact) mass is 437 g/mol. The number of hydrogen-bond acceptors (Lipinski definition) is 5. The third kappa shape index (κ3) is 4.54. The molecule has 1 N–H and O–H groups in total. The van der Waals surface area contributed by atoms with Gasteiger partial charge in [-0.2, -0.15) is 0 Å². The van der Waals surface area contributed by atoms with Crippen LogP contribution in [0.15, 0.2) is 46.6 Å². The van der Waals surface area contributed by atoms with E-state index in [0.29, 0.717) is 36.3 Å². The fourth-order valence-electron chi connectivity index (χ4n) is 3.88. The summed E-state index contributed by atoms with van der Waals surface area (Å²) in [6.07, 6.45) is 3.60. The SMILES string of the molecule is CCn1c(=O)c2sccc2n2c(CCCC(=O)N[C@H](C)CCc3ccccc3)nnc12. The fraction of sp³-hybridized carbons (Fsp3) is 0.391. The Balaban J connectivity index is 1.36. The maximum Gasteiger partial charge on any atom is 0.272 e. The van der Waals surface area contributed by atoms with Crippen LogP contribution in [0.4, 0.5) is 0 Å². The predicted molar refractivity (Wildman–Crippen MR) is 124 cm³/mol. The van der Waals surface area contributed by atoms with Crippen LogP contribution in [0.25, 0.3) is 16.0 Å². The highest BCUT2D eigenvalue weighted by molar-refractivity contribution is 7.17. The van der Waals surface area contributed by atoms with E-state index >= 15 is 0 Å². The van der Waals surface area contributed by atoms with Crippen molar-refractivity contribution < 1.29 is 4.79 Å². The Morgan fingerprint density at radius 2 is 1.97 bits per heavy atom. The van der Waals surface area contributed by atoms with Gasteiger partial charge in [0.05, 0.1) is 5.52 Å². The van der Waals surface area contributed by atoms with Crippen molar-refractivity contribution in [3.8, 4) is 0 Å². The molecule has 0 unspecified atom stereocenters. The molecular formula is C23H27N5O2S. The zero-order valence-electron chi connectivity index (χ0n) is 17.9. The second kappa shape index (κ2) is 9.43. The van der Waals surface area contributed by atoms with Gasteiger partial charge in [-0.3, -0.25) is 18.6 Å². The topological polar surface area (TPSA) is 81.3 Å². The molecule has 7 nitrogen and oxygen atoms in total. The van der Waals surface area contributed by atoms with E-state index in [0.717, 1.165) is 24.2 Å². The standard InChI is InChI=1S/C23H27N5O2S/c1-3-27-22(30)21-18(14-15-31-21)28-19(25-26-23(27)28)10-7-11-20(29)24-16(2)12-13-17-8-5-4-6-9-17/h4-6,8-9,14-16H,3,7,10-13H2,1-2H3,(H,24,29)/t16-/m1/s1. The molecule has 1 atom stereocenters. The number of thiophene rings is 1. The minimum atomic E-state index is -0.0252. The first-order chi connectivity index (χ1) is 15.1. The largest absolute Gasteiger partial charge is 0.354 e. The first-order valence-corrected chi connectivity index (χ1v) is 11.6. The molecule has 4 aromatic rings. The molecule has 0 bridgehead atoms. The third-order valence-electron chi connectivity index (χ3n) is 5.52. The van der Waals surface area contributed by atoms with Gasteiger partial charge in [0.25, 0.3) is 5.56 Å². The Bertz CT molecular complexity index is 1240. The Labute approximate surface area is 184 Å². The van der Waals surface area contributed by atoms with Crippen molar-refractivity contribution in [3.05, 3.63) is 63.5 Å². The number of aromatic nitrogens is 4. The summed E-state index contributed by atoms with van der Waals surface area (Å²) < 4.78 is 4.31. The van der Waals surface area contributed by atoms with E-state index in [-0.39, 0.29) is 17.5 Å². The normalized spacial score (nSPS) is 12.5. The number of carbonyl (C=O) groups excluding carboxylic acids is 1. The lowest BCUT2D eigenvalue weighted by atomic mass is 10.1.